The van der Waals surface area contributed by atoms with Gasteiger partial charge in [0.05, 0.1) is 12.3 Å². The molecule has 2 rings (SSSR count). The molecule has 0 amide bonds. The Morgan fingerprint density at radius 2 is 2.21 bits per heavy atom. The highest BCUT2D eigenvalue weighted by molar-refractivity contribution is 5.89. The average Bonchev–Trinajstić information content (AvgIpc) is 2.84. The Labute approximate surface area is 111 Å². The highest BCUT2D eigenvalue weighted by atomic mass is 16.6. The van der Waals surface area contributed by atoms with Crippen molar-refractivity contribution in [3.63, 3.8) is 0 Å². The monoisotopic (exact) mass is 260 g/mol. The summed E-state index contributed by atoms with van der Waals surface area (Å²) in [6.45, 7) is 4.10. The third-order valence-electron chi connectivity index (χ3n) is 2.66. The number of hydrogen-bond acceptors (Lipinski definition) is 5. The van der Waals surface area contributed by atoms with Gasteiger partial charge in [0.1, 0.15) is 5.69 Å². The second kappa shape index (κ2) is 6.13. The molecule has 19 heavy (non-hydrogen) atoms. The van der Waals surface area contributed by atoms with Gasteiger partial charge < -0.3 is 9.26 Å². The molecule has 2 aromatic heterocycles. The second-order valence-electron chi connectivity index (χ2n) is 4.02. The fourth-order valence-corrected chi connectivity index (χ4v) is 1.85. The van der Waals surface area contributed by atoms with Crippen molar-refractivity contribution in [2.24, 2.45) is 0 Å². The van der Waals surface area contributed by atoms with Crippen molar-refractivity contribution in [2.45, 2.75) is 26.7 Å². The Morgan fingerprint density at radius 3 is 2.84 bits per heavy atom. The van der Waals surface area contributed by atoms with Crippen molar-refractivity contribution in [3.05, 3.63) is 35.7 Å². The molecular weight excluding hydrogens is 244 g/mol. The lowest BCUT2D eigenvalue weighted by Gasteiger charge is -2.02. The molecule has 0 bridgehead atoms. The fourth-order valence-electron chi connectivity index (χ4n) is 1.85. The van der Waals surface area contributed by atoms with Gasteiger partial charge in [-0.2, -0.15) is 0 Å². The van der Waals surface area contributed by atoms with E-state index in [1.807, 2.05) is 25.1 Å². The molecule has 0 aliphatic heterocycles. The first-order valence-electron chi connectivity index (χ1n) is 6.35. The number of aromatic nitrogens is 2. The molecule has 5 nitrogen and oxygen atoms in total. The number of ether oxygens (including phenoxy) is 1. The van der Waals surface area contributed by atoms with Gasteiger partial charge in [0.2, 0.25) is 5.76 Å². The first kappa shape index (κ1) is 13.3. The van der Waals surface area contributed by atoms with Crippen molar-refractivity contribution < 1.29 is 14.1 Å². The molecule has 100 valence electrons. The molecule has 0 radical (unpaired) electrons. The number of rotatable bonds is 5. The smallest absolute Gasteiger partial charge is 0.377 e. The lowest BCUT2D eigenvalue weighted by atomic mass is 10.1. The average molecular weight is 260 g/mol. The zero-order valence-electron chi connectivity index (χ0n) is 11.0. The molecule has 0 fully saturated rings. The summed E-state index contributed by atoms with van der Waals surface area (Å²) in [6, 6.07) is 5.54. The lowest BCUT2D eigenvalue weighted by molar-refractivity contribution is 0.0478. The highest BCUT2D eigenvalue weighted by Gasteiger charge is 2.23. The van der Waals surface area contributed by atoms with Gasteiger partial charge in [-0.15, -0.1) is 0 Å². The molecule has 0 N–H and O–H groups in total. The second-order valence-corrected chi connectivity index (χ2v) is 4.02. The minimum Gasteiger partial charge on any atom is -0.460 e. The van der Waals surface area contributed by atoms with Gasteiger partial charge >= 0.3 is 5.97 Å². The molecule has 0 saturated carbocycles. The predicted molar refractivity (Wildman–Crippen MR) is 69.7 cm³/mol. The first-order valence-corrected chi connectivity index (χ1v) is 6.35. The Bertz CT molecular complexity index is 549. The van der Waals surface area contributed by atoms with Crippen molar-refractivity contribution in [1.29, 1.82) is 0 Å². The number of hydrogen-bond donors (Lipinski definition) is 0. The summed E-state index contributed by atoms with van der Waals surface area (Å²) in [5, 5.41) is 3.97. The van der Waals surface area contributed by atoms with Gasteiger partial charge in [0, 0.05) is 11.8 Å². The summed E-state index contributed by atoms with van der Waals surface area (Å²) < 4.78 is 10.1. The molecule has 0 aliphatic rings. The molecule has 0 unspecified atom stereocenters. The molecule has 0 spiro atoms. The Balaban J connectivity index is 2.43. The summed E-state index contributed by atoms with van der Waals surface area (Å²) in [7, 11) is 0. The molecule has 5 heteroatoms. The van der Waals surface area contributed by atoms with E-state index in [-0.39, 0.29) is 5.76 Å². The molecule has 2 aromatic rings. The van der Waals surface area contributed by atoms with E-state index in [0.29, 0.717) is 24.4 Å². The molecule has 0 aliphatic carbocycles. The van der Waals surface area contributed by atoms with Gasteiger partial charge in [-0.3, -0.25) is 4.98 Å². The Morgan fingerprint density at radius 1 is 1.37 bits per heavy atom. The quantitative estimate of drug-likeness (QED) is 0.773. The van der Waals surface area contributed by atoms with Crippen LogP contribution in [-0.4, -0.2) is 22.7 Å². The summed E-state index contributed by atoms with van der Waals surface area (Å²) in [5.74, 6) is -0.287. The standard InChI is InChI=1S/C14H16N2O3/c1-3-7-10-12(11-8-5-6-9-15-11)16-19-13(10)14(17)18-4-2/h5-6,8-9H,3-4,7H2,1-2H3. The van der Waals surface area contributed by atoms with Crippen molar-refractivity contribution in [2.75, 3.05) is 6.61 Å². The maximum Gasteiger partial charge on any atom is 0.377 e. The van der Waals surface area contributed by atoms with Crippen LogP contribution < -0.4 is 0 Å². The number of carbonyl (C=O) groups is 1. The number of nitrogens with zero attached hydrogens (tertiary/aromatic N) is 2. The van der Waals surface area contributed by atoms with Gasteiger partial charge in [-0.1, -0.05) is 24.6 Å². The largest absolute Gasteiger partial charge is 0.460 e. The van der Waals surface area contributed by atoms with E-state index in [2.05, 4.69) is 10.1 Å². The zero-order chi connectivity index (χ0) is 13.7. The van der Waals surface area contributed by atoms with Gasteiger partial charge in [0.15, 0.2) is 0 Å². The van der Waals surface area contributed by atoms with Gasteiger partial charge in [-0.25, -0.2) is 4.79 Å². The maximum absolute atomic E-state index is 11.8. The Kier molecular flexibility index (Phi) is 4.28. The summed E-state index contributed by atoms with van der Waals surface area (Å²) in [4.78, 5) is 16.0. The van der Waals surface area contributed by atoms with Crippen molar-refractivity contribution >= 4 is 5.97 Å². The normalized spacial score (nSPS) is 10.4. The van der Waals surface area contributed by atoms with Crippen molar-refractivity contribution in [1.82, 2.24) is 10.1 Å². The topological polar surface area (TPSA) is 65.2 Å². The third-order valence-corrected chi connectivity index (χ3v) is 2.66. The summed E-state index contributed by atoms with van der Waals surface area (Å²) in [6.07, 6.45) is 3.26. The van der Waals surface area contributed by atoms with Crippen LogP contribution in [0.2, 0.25) is 0 Å². The highest BCUT2D eigenvalue weighted by Crippen LogP contribution is 2.25. The lowest BCUT2D eigenvalue weighted by Crippen LogP contribution is -2.06. The molecule has 2 heterocycles. The number of esters is 1. The predicted octanol–water partition coefficient (Wildman–Crippen LogP) is 2.87. The van der Waals surface area contributed by atoms with E-state index >= 15 is 0 Å². The molecule has 0 saturated heterocycles. The van der Waals surface area contributed by atoms with Crippen LogP contribution in [0.4, 0.5) is 0 Å². The van der Waals surface area contributed by atoms with Crippen LogP contribution in [0.1, 0.15) is 36.4 Å². The Hall–Kier alpha value is -2.17. The van der Waals surface area contributed by atoms with Gasteiger partial charge in [0.25, 0.3) is 0 Å². The van der Waals surface area contributed by atoms with E-state index in [4.69, 9.17) is 9.26 Å². The van der Waals surface area contributed by atoms with Crippen LogP contribution in [-0.2, 0) is 11.2 Å². The van der Waals surface area contributed by atoms with E-state index in [1.54, 1.807) is 13.1 Å². The van der Waals surface area contributed by atoms with Crippen molar-refractivity contribution in [3.8, 4) is 11.4 Å². The van der Waals surface area contributed by atoms with Crippen LogP contribution in [0.5, 0.6) is 0 Å². The van der Waals surface area contributed by atoms with E-state index < -0.39 is 5.97 Å². The molecular formula is C14H16N2O3. The fraction of sp³-hybridized carbons (Fsp3) is 0.357. The van der Waals surface area contributed by atoms with Crippen LogP contribution in [0.25, 0.3) is 11.4 Å². The van der Waals surface area contributed by atoms with E-state index in [0.717, 1.165) is 12.0 Å². The van der Waals surface area contributed by atoms with Crippen LogP contribution >= 0.6 is 0 Å². The molecule has 0 aromatic carbocycles. The van der Waals surface area contributed by atoms with E-state index in [9.17, 15) is 4.79 Å². The van der Waals surface area contributed by atoms with Crippen LogP contribution in [0, 0.1) is 0 Å². The summed E-state index contributed by atoms with van der Waals surface area (Å²) in [5.41, 5.74) is 2.08. The third kappa shape index (κ3) is 2.81. The van der Waals surface area contributed by atoms with Gasteiger partial charge in [-0.05, 0) is 25.5 Å². The summed E-state index contributed by atoms with van der Waals surface area (Å²) >= 11 is 0. The van der Waals surface area contributed by atoms with Crippen LogP contribution in [0.15, 0.2) is 28.9 Å². The number of carbonyl (C=O) groups excluding carboxylic acids is 1. The molecule has 0 atom stereocenters. The van der Waals surface area contributed by atoms with Crippen LogP contribution in [0.3, 0.4) is 0 Å². The van der Waals surface area contributed by atoms with E-state index in [1.165, 1.54) is 0 Å². The first-order chi connectivity index (χ1) is 9.27. The zero-order valence-corrected chi connectivity index (χ0v) is 11.0. The SMILES string of the molecule is CCCc1c(-c2ccccn2)noc1C(=O)OCC. The minimum absolute atomic E-state index is 0.185. The number of pyridine rings is 1. The minimum atomic E-state index is -0.472. The maximum atomic E-state index is 11.8.